The van der Waals surface area contributed by atoms with E-state index in [1.807, 2.05) is 48.5 Å². The van der Waals surface area contributed by atoms with Crippen LogP contribution in [-0.4, -0.2) is 30.1 Å². The van der Waals surface area contributed by atoms with Crippen LogP contribution < -0.4 is 20.7 Å². The highest BCUT2D eigenvalue weighted by Crippen LogP contribution is 2.34. The van der Waals surface area contributed by atoms with Crippen molar-refractivity contribution >= 4 is 40.5 Å². The first-order valence-corrected chi connectivity index (χ1v) is 10.4. The summed E-state index contributed by atoms with van der Waals surface area (Å²) >= 11 is 2.19. The fraction of sp³-hybridized carbons (Fsp3) is 0.227. The van der Waals surface area contributed by atoms with E-state index in [9.17, 15) is 9.59 Å². The van der Waals surface area contributed by atoms with Gasteiger partial charge in [-0.3, -0.25) is 9.59 Å². The minimum atomic E-state index is -0.833. The maximum atomic E-state index is 13.0. The fourth-order valence-corrected chi connectivity index (χ4v) is 3.55. The molecular formula is C22H24IN3O5. The van der Waals surface area contributed by atoms with Gasteiger partial charge < -0.3 is 25.8 Å². The fourth-order valence-electron chi connectivity index (χ4n) is 3.03. The number of benzene rings is 2. The average Bonchev–Trinajstić information content (AvgIpc) is 2.72. The minimum Gasteiger partial charge on any atom is -0.496 e. The summed E-state index contributed by atoms with van der Waals surface area (Å²) in [5.74, 6) is -0.460. The van der Waals surface area contributed by atoms with Gasteiger partial charge in [0.05, 0.1) is 18.7 Å². The van der Waals surface area contributed by atoms with Gasteiger partial charge in [0.15, 0.2) is 0 Å². The van der Waals surface area contributed by atoms with Gasteiger partial charge in [-0.25, -0.2) is 4.79 Å². The molecule has 0 aliphatic carbocycles. The van der Waals surface area contributed by atoms with Gasteiger partial charge >= 0.3 is 6.03 Å². The molecule has 31 heavy (non-hydrogen) atoms. The van der Waals surface area contributed by atoms with E-state index in [4.69, 9.17) is 14.6 Å². The quantitative estimate of drug-likeness (QED) is 0.437. The van der Waals surface area contributed by atoms with Crippen molar-refractivity contribution in [2.24, 2.45) is 0 Å². The van der Waals surface area contributed by atoms with Crippen LogP contribution in [-0.2, 0) is 16.1 Å². The van der Waals surface area contributed by atoms with Crippen molar-refractivity contribution in [3.05, 3.63) is 74.5 Å². The Morgan fingerprint density at radius 1 is 1.19 bits per heavy atom. The molecule has 1 unspecified atom stereocenters. The molecule has 3 rings (SSSR count). The van der Waals surface area contributed by atoms with Crippen LogP contribution in [0.3, 0.4) is 0 Å². The van der Waals surface area contributed by atoms with Crippen molar-refractivity contribution < 1.29 is 24.2 Å². The highest BCUT2D eigenvalue weighted by atomic mass is 127. The summed E-state index contributed by atoms with van der Waals surface area (Å²) in [5.41, 5.74) is 2.73. The van der Waals surface area contributed by atoms with E-state index >= 15 is 0 Å². The maximum absolute atomic E-state index is 13.0. The van der Waals surface area contributed by atoms with Crippen LogP contribution in [0.25, 0.3) is 0 Å². The molecule has 8 nitrogen and oxygen atoms in total. The molecular weight excluding hydrogens is 513 g/mol. The number of ether oxygens (including phenoxy) is 1. The number of carbonyl (C=O) groups is 3. The van der Waals surface area contributed by atoms with Gasteiger partial charge in [0.2, 0.25) is 0 Å². The smallest absolute Gasteiger partial charge is 0.319 e. The molecule has 2 aromatic rings. The molecule has 0 radical (unpaired) electrons. The summed E-state index contributed by atoms with van der Waals surface area (Å²) in [6.45, 7) is 3.21. The predicted octanol–water partition coefficient (Wildman–Crippen LogP) is 3.34. The molecule has 2 aromatic carbocycles. The number of aliphatic carboxylic acids is 1. The Bertz CT molecular complexity index is 988. The predicted molar refractivity (Wildman–Crippen MR) is 124 cm³/mol. The van der Waals surface area contributed by atoms with Crippen LogP contribution >= 0.6 is 22.6 Å². The molecule has 1 atom stereocenters. The van der Waals surface area contributed by atoms with E-state index in [-0.39, 0.29) is 11.9 Å². The largest absolute Gasteiger partial charge is 0.496 e. The minimum absolute atomic E-state index is 0.241. The normalized spacial score (nSPS) is 15.1. The SMILES string of the molecule is CC(=O)O.COc1ccc(I)cc1C1NC(=O)NC(C)=C1C(=O)NCc1ccccc1. The van der Waals surface area contributed by atoms with Crippen molar-refractivity contribution in [3.63, 3.8) is 0 Å². The number of methoxy groups -OCH3 is 1. The Morgan fingerprint density at radius 3 is 2.45 bits per heavy atom. The number of carbonyl (C=O) groups excluding carboxylic acids is 2. The second kappa shape index (κ2) is 11.3. The zero-order valence-electron chi connectivity index (χ0n) is 17.4. The maximum Gasteiger partial charge on any atom is 0.319 e. The van der Waals surface area contributed by atoms with Crippen LogP contribution in [0.4, 0.5) is 4.79 Å². The molecule has 4 N–H and O–H groups in total. The molecule has 0 aromatic heterocycles. The molecule has 3 amide bonds. The molecule has 1 aliphatic rings. The monoisotopic (exact) mass is 537 g/mol. The van der Waals surface area contributed by atoms with Gasteiger partial charge in [0.25, 0.3) is 11.9 Å². The molecule has 9 heteroatoms. The van der Waals surface area contributed by atoms with E-state index < -0.39 is 12.0 Å². The topological polar surface area (TPSA) is 117 Å². The number of halogens is 1. The standard InChI is InChI=1S/C20H20IN3O3.C2H4O2/c1-12-17(19(25)22-11-13-6-4-3-5-7-13)18(24-20(26)23-12)15-10-14(21)8-9-16(15)27-2;1-2(3)4/h3-10,18H,11H2,1-2H3,(H,22,25)(H2,23,24,26);1H3,(H,3,4). The first-order chi connectivity index (χ1) is 14.7. The van der Waals surface area contributed by atoms with E-state index in [1.165, 1.54) is 0 Å². The van der Waals surface area contributed by atoms with Crippen molar-refractivity contribution in [2.45, 2.75) is 26.4 Å². The van der Waals surface area contributed by atoms with Crippen molar-refractivity contribution in [1.29, 1.82) is 0 Å². The van der Waals surface area contributed by atoms with Crippen molar-refractivity contribution in [2.75, 3.05) is 7.11 Å². The van der Waals surface area contributed by atoms with E-state index in [0.29, 0.717) is 23.6 Å². The molecule has 164 valence electrons. The zero-order chi connectivity index (χ0) is 23.0. The molecule has 1 heterocycles. The van der Waals surface area contributed by atoms with Crippen molar-refractivity contribution in [3.8, 4) is 5.75 Å². The Morgan fingerprint density at radius 2 is 1.84 bits per heavy atom. The van der Waals surface area contributed by atoms with Crippen LogP contribution in [0.15, 0.2) is 59.8 Å². The highest BCUT2D eigenvalue weighted by Gasteiger charge is 2.33. The molecule has 0 bridgehead atoms. The number of amides is 3. The van der Waals surface area contributed by atoms with Gasteiger partial charge in [-0.05, 0) is 53.3 Å². The number of urea groups is 1. The first-order valence-electron chi connectivity index (χ1n) is 9.36. The molecule has 1 aliphatic heterocycles. The van der Waals surface area contributed by atoms with Crippen LogP contribution in [0.2, 0.25) is 0 Å². The summed E-state index contributed by atoms with van der Waals surface area (Å²) in [6, 6.07) is 14.4. The second-order valence-electron chi connectivity index (χ2n) is 6.64. The Hall–Kier alpha value is -3.08. The number of hydrogen-bond acceptors (Lipinski definition) is 4. The van der Waals surface area contributed by atoms with Gasteiger partial charge in [-0.15, -0.1) is 0 Å². The number of nitrogens with one attached hydrogen (secondary N) is 3. The number of carboxylic acids is 1. The van der Waals surface area contributed by atoms with Gasteiger partial charge in [0, 0.05) is 28.3 Å². The summed E-state index contributed by atoms with van der Waals surface area (Å²) in [7, 11) is 1.57. The van der Waals surface area contributed by atoms with E-state index in [2.05, 4.69) is 38.5 Å². The summed E-state index contributed by atoms with van der Waals surface area (Å²) in [4.78, 5) is 34.0. The van der Waals surface area contributed by atoms with E-state index in [1.54, 1.807) is 14.0 Å². The highest BCUT2D eigenvalue weighted by molar-refractivity contribution is 14.1. The zero-order valence-corrected chi connectivity index (χ0v) is 19.5. The second-order valence-corrected chi connectivity index (χ2v) is 7.89. The number of carboxylic acid groups (broad SMARTS) is 1. The van der Waals surface area contributed by atoms with Gasteiger partial charge in [-0.1, -0.05) is 30.3 Å². The number of rotatable bonds is 5. The Labute approximate surface area is 194 Å². The first kappa shape index (κ1) is 24.2. The Balaban J connectivity index is 0.000000785. The van der Waals surface area contributed by atoms with Crippen LogP contribution in [0.5, 0.6) is 5.75 Å². The lowest BCUT2D eigenvalue weighted by Crippen LogP contribution is -2.47. The van der Waals surface area contributed by atoms with Crippen LogP contribution in [0.1, 0.15) is 31.0 Å². The molecule has 0 saturated heterocycles. The third-order valence-electron chi connectivity index (χ3n) is 4.31. The lowest BCUT2D eigenvalue weighted by Gasteiger charge is -2.29. The lowest BCUT2D eigenvalue weighted by molar-refractivity contribution is -0.134. The molecule has 0 spiro atoms. The third kappa shape index (κ3) is 6.99. The lowest BCUT2D eigenvalue weighted by atomic mass is 9.94. The summed E-state index contributed by atoms with van der Waals surface area (Å²) < 4.78 is 6.44. The summed E-state index contributed by atoms with van der Waals surface area (Å²) in [5, 5.41) is 15.9. The van der Waals surface area contributed by atoms with Crippen LogP contribution in [0, 0.1) is 3.57 Å². The molecule has 0 fully saturated rings. The van der Waals surface area contributed by atoms with Gasteiger partial charge in [0.1, 0.15) is 5.75 Å². The molecule has 0 saturated carbocycles. The third-order valence-corrected chi connectivity index (χ3v) is 4.98. The van der Waals surface area contributed by atoms with Crippen molar-refractivity contribution in [1.82, 2.24) is 16.0 Å². The number of hydrogen-bond donors (Lipinski definition) is 4. The number of allylic oxidation sites excluding steroid dienone is 1. The van der Waals surface area contributed by atoms with Gasteiger partial charge in [-0.2, -0.15) is 0 Å². The Kier molecular flexibility index (Phi) is 8.86. The average molecular weight is 537 g/mol. The summed E-state index contributed by atoms with van der Waals surface area (Å²) in [6.07, 6.45) is 0. The van der Waals surface area contributed by atoms with E-state index in [0.717, 1.165) is 21.6 Å².